The number of halogens is 1. The third kappa shape index (κ3) is 2.95. The van der Waals surface area contributed by atoms with Crippen molar-refractivity contribution in [3.63, 3.8) is 0 Å². The highest BCUT2D eigenvalue weighted by Crippen LogP contribution is 2.25. The van der Waals surface area contributed by atoms with E-state index in [1.165, 1.54) is 16.7 Å². The van der Waals surface area contributed by atoms with Gasteiger partial charge in [-0.05, 0) is 49.1 Å². The van der Waals surface area contributed by atoms with Crippen LogP contribution in [0.15, 0.2) is 36.4 Å². The molecular formula is C18H19ClN2O. The predicted octanol–water partition coefficient (Wildman–Crippen LogP) is 4.55. The van der Waals surface area contributed by atoms with Crippen LogP contribution in [0.4, 0.5) is 10.5 Å². The number of aryl methyl sites for hydroxylation is 1. The van der Waals surface area contributed by atoms with E-state index in [2.05, 4.69) is 30.4 Å². The van der Waals surface area contributed by atoms with Crippen molar-refractivity contribution in [1.29, 1.82) is 0 Å². The lowest BCUT2D eigenvalue weighted by molar-refractivity contribution is 0.206. The van der Waals surface area contributed by atoms with Crippen LogP contribution in [0.1, 0.15) is 22.3 Å². The van der Waals surface area contributed by atoms with Crippen molar-refractivity contribution >= 4 is 23.3 Å². The van der Waals surface area contributed by atoms with Crippen LogP contribution in [0.2, 0.25) is 5.02 Å². The molecular weight excluding hydrogens is 296 g/mol. The van der Waals surface area contributed by atoms with E-state index < -0.39 is 0 Å². The van der Waals surface area contributed by atoms with E-state index in [1.54, 1.807) is 0 Å². The van der Waals surface area contributed by atoms with Gasteiger partial charge < -0.3 is 10.2 Å². The van der Waals surface area contributed by atoms with Gasteiger partial charge in [0.25, 0.3) is 0 Å². The van der Waals surface area contributed by atoms with E-state index in [0.717, 1.165) is 24.2 Å². The molecule has 22 heavy (non-hydrogen) atoms. The minimum atomic E-state index is -0.0717. The van der Waals surface area contributed by atoms with E-state index in [-0.39, 0.29) is 6.03 Å². The third-order valence-electron chi connectivity index (χ3n) is 4.17. The number of carbonyl (C=O) groups is 1. The Balaban J connectivity index is 1.75. The van der Waals surface area contributed by atoms with Gasteiger partial charge in [0.05, 0.1) is 0 Å². The number of carbonyl (C=O) groups excluding carboxylic acids is 1. The number of rotatable bonds is 1. The molecule has 0 aliphatic carbocycles. The summed E-state index contributed by atoms with van der Waals surface area (Å²) in [5.74, 6) is 0. The summed E-state index contributed by atoms with van der Waals surface area (Å²) in [4.78, 5) is 14.3. The molecule has 1 N–H and O–H groups in total. The number of fused-ring (bicyclic) bond motifs is 1. The molecule has 1 aliphatic rings. The average Bonchev–Trinajstić information content (AvgIpc) is 2.51. The van der Waals surface area contributed by atoms with Gasteiger partial charge in [-0.3, -0.25) is 0 Å². The summed E-state index contributed by atoms with van der Waals surface area (Å²) in [5.41, 5.74) is 5.47. The summed E-state index contributed by atoms with van der Waals surface area (Å²) in [6, 6.07) is 11.9. The molecule has 2 amide bonds. The van der Waals surface area contributed by atoms with Gasteiger partial charge in [-0.2, -0.15) is 0 Å². The minimum Gasteiger partial charge on any atom is -0.320 e. The van der Waals surface area contributed by atoms with Gasteiger partial charge in [0.2, 0.25) is 0 Å². The SMILES string of the molecule is Cc1ccc2c(c1)CN(C(=O)Nc1cccc(Cl)c1C)CC2. The second-order valence-electron chi connectivity index (χ2n) is 5.79. The van der Waals surface area contributed by atoms with Gasteiger partial charge in [-0.1, -0.05) is 41.4 Å². The number of hydrogen-bond acceptors (Lipinski definition) is 1. The van der Waals surface area contributed by atoms with Gasteiger partial charge in [0.1, 0.15) is 0 Å². The second kappa shape index (κ2) is 6.01. The van der Waals surface area contributed by atoms with Crippen LogP contribution in [0.5, 0.6) is 0 Å². The number of nitrogens with one attached hydrogen (secondary N) is 1. The molecule has 114 valence electrons. The quantitative estimate of drug-likeness (QED) is 0.823. The normalized spacial score (nSPS) is 13.7. The van der Waals surface area contributed by atoms with Crippen molar-refractivity contribution in [2.24, 2.45) is 0 Å². The Hall–Kier alpha value is -2.00. The Morgan fingerprint density at radius 1 is 1.18 bits per heavy atom. The molecule has 3 rings (SSSR count). The highest BCUT2D eigenvalue weighted by atomic mass is 35.5. The molecule has 3 nitrogen and oxygen atoms in total. The zero-order chi connectivity index (χ0) is 15.7. The van der Waals surface area contributed by atoms with Crippen molar-refractivity contribution in [3.05, 3.63) is 63.7 Å². The molecule has 1 heterocycles. The van der Waals surface area contributed by atoms with Crippen molar-refractivity contribution in [3.8, 4) is 0 Å². The van der Waals surface area contributed by atoms with Crippen LogP contribution in [-0.4, -0.2) is 17.5 Å². The van der Waals surface area contributed by atoms with Crippen LogP contribution in [0.3, 0.4) is 0 Å². The molecule has 4 heteroatoms. The molecule has 0 spiro atoms. The monoisotopic (exact) mass is 314 g/mol. The smallest absolute Gasteiger partial charge is 0.320 e. The van der Waals surface area contributed by atoms with Gasteiger partial charge >= 0.3 is 6.03 Å². The Bertz CT molecular complexity index is 727. The van der Waals surface area contributed by atoms with Crippen LogP contribution in [-0.2, 0) is 13.0 Å². The average molecular weight is 315 g/mol. The summed E-state index contributed by atoms with van der Waals surface area (Å²) in [6.07, 6.45) is 0.900. The van der Waals surface area contributed by atoms with E-state index in [0.29, 0.717) is 11.6 Å². The third-order valence-corrected chi connectivity index (χ3v) is 4.58. The summed E-state index contributed by atoms with van der Waals surface area (Å²) in [5, 5.41) is 3.63. The lowest BCUT2D eigenvalue weighted by atomic mass is 9.98. The van der Waals surface area contributed by atoms with E-state index in [9.17, 15) is 4.79 Å². The maximum atomic E-state index is 12.5. The highest BCUT2D eigenvalue weighted by Gasteiger charge is 2.21. The first-order chi connectivity index (χ1) is 10.5. The van der Waals surface area contributed by atoms with E-state index in [4.69, 9.17) is 11.6 Å². The fourth-order valence-electron chi connectivity index (χ4n) is 2.80. The summed E-state index contributed by atoms with van der Waals surface area (Å²) in [6.45, 7) is 5.38. The fourth-order valence-corrected chi connectivity index (χ4v) is 2.97. The summed E-state index contributed by atoms with van der Waals surface area (Å²) < 4.78 is 0. The maximum absolute atomic E-state index is 12.5. The molecule has 0 fully saturated rings. The molecule has 0 unspecified atom stereocenters. The largest absolute Gasteiger partial charge is 0.322 e. The van der Waals surface area contributed by atoms with Crippen molar-refractivity contribution in [1.82, 2.24) is 4.90 Å². The number of anilines is 1. The second-order valence-corrected chi connectivity index (χ2v) is 6.19. The Morgan fingerprint density at radius 2 is 2.00 bits per heavy atom. The molecule has 0 radical (unpaired) electrons. The summed E-state index contributed by atoms with van der Waals surface area (Å²) in [7, 11) is 0. The topological polar surface area (TPSA) is 32.3 Å². The van der Waals surface area contributed by atoms with Crippen molar-refractivity contribution in [2.75, 3.05) is 11.9 Å². The van der Waals surface area contributed by atoms with Gasteiger partial charge in [0.15, 0.2) is 0 Å². The Morgan fingerprint density at radius 3 is 2.82 bits per heavy atom. The Labute approximate surface area is 135 Å². The molecule has 2 aromatic rings. The first-order valence-corrected chi connectivity index (χ1v) is 7.82. The van der Waals surface area contributed by atoms with Crippen molar-refractivity contribution < 1.29 is 4.79 Å². The summed E-state index contributed by atoms with van der Waals surface area (Å²) >= 11 is 6.10. The number of amides is 2. The lowest BCUT2D eigenvalue weighted by Crippen LogP contribution is -2.39. The highest BCUT2D eigenvalue weighted by molar-refractivity contribution is 6.31. The van der Waals surface area contributed by atoms with Crippen LogP contribution >= 0.6 is 11.6 Å². The molecule has 0 bridgehead atoms. The van der Waals surface area contributed by atoms with Crippen LogP contribution in [0.25, 0.3) is 0 Å². The Kier molecular flexibility index (Phi) is 4.08. The molecule has 0 saturated heterocycles. The number of nitrogens with zero attached hydrogens (tertiary/aromatic N) is 1. The lowest BCUT2D eigenvalue weighted by Gasteiger charge is -2.29. The number of hydrogen-bond donors (Lipinski definition) is 1. The zero-order valence-electron chi connectivity index (χ0n) is 12.8. The molecule has 0 aromatic heterocycles. The first-order valence-electron chi connectivity index (χ1n) is 7.44. The van der Waals surface area contributed by atoms with Crippen LogP contribution in [0, 0.1) is 13.8 Å². The molecule has 2 aromatic carbocycles. The number of urea groups is 1. The standard InChI is InChI=1S/C18H19ClN2O/c1-12-6-7-14-8-9-21(11-15(14)10-12)18(22)20-17-5-3-4-16(19)13(17)2/h3-7,10H,8-9,11H2,1-2H3,(H,20,22). The van der Waals surface area contributed by atoms with Crippen molar-refractivity contribution in [2.45, 2.75) is 26.8 Å². The van der Waals surface area contributed by atoms with Gasteiger partial charge in [-0.25, -0.2) is 4.79 Å². The fraction of sp³-hybridized carbons (Fsp3) is 0.278. The molecule has 1 aliphatic heterocycles. The minimum absolute atomic E-state index is 0.0717. The molecule has 0 saturated carbocycles. The van der Waals surface area contributed by atoms with Gasteiger partial charge in [0, 0.05) is 23.8 Å². The predicted molar refractivity (Wildman–Crippen MR) is 90.5 cm³/mol. The van der Waals surface area contributed by atoms with E-state index >= 15 is 0 Å². The first kappa shape index (κ1) is 14.9. The number of benzene rings is 2. The molecule has 0 atom stereocenters. The van der Waals surface area contributed by atoms with Crippen LogP contribution < -0.4 is 5.32 Å². The van der Waals surface area contributed by atoms with E-state index in [1.807, 2.05) is 30.0 Å². The maximum Gasteiger partial charge on any atom is 0.322 e. The zero-order valence-corrected chi connectivity index (χ0v) is 13.6. The van der Waals surface area contributed by atoms with Gasteiger partial charge in [-0.15, -0.1) is 0 Å².